The van der Waals surface area contributed by atoms with E-state index in [-0.39, 0.29) is 12.1 Å². The number of nitrogens with zero attached hydrogens (tertiary/aromatic N) is 1. The number of ether oxygens (including phenoxy) is 1. The number of benzene rings is 2. The Hall–Kier alpha value is -2.84. The van der Waals surface area contributed by atoms with Crippen LogP contribution in [0.15, 0.2) is 42.6 Å². The third-order valence-corrected chi connectivity index (χ3v) is 5.11. The molecule has 1 fully saturated rings. The predicted octanol–water partition coefficient (Wildman–Crippen LogP) is 4.47. The number of aromatic nitrogens is 1. The maximum absolute atomic E-state index is 14.3. The van der Waals surface area contributed by atoms with E-state index in [1.54, 1.807) is 18.3 Å². The molecule has 2 aliphatic heterocycles. The Morgan fingerprint density at radius 2 is 2.04 bits per heavy atom. The number of pyridine rings is 1. The molecule has 28 heavy (non-hydrogen) atoms. The van der Waals surface area contributed by atoms with E-state index in [1.807, 2.05) is 6.07 Å². The molecule has 5 nitrogen and oxygen atoms in total. The van der Waals surface area contributed by atoms with E-state index in [2.05, 4.69) is 10.3 Å². The molecular formula is C20H15F3N2O3. The fourth-order valence-corrected chi connectivity index (χ4v) is 3.51. The number of nitrogens with one attached hydrogen (secondary N) is 1. The highest BCUT2D eigenvalue weighted by Crippen LogP contribution is 2.46. The molecule has 5 rings (SSSR count). The van der Waals surface area contributed by atoms with Gasteiger partial charge in [-0.25, -0.2) is 13.2 Å². The normalized spacial score (nSPS) is 16.9. The summed E-state index contributed by atoms with van der Waals surface area (Å²) < 4.78 is 45.4. The minimum absolute atomic E-state index is 0.0594. The summed E-state index contributed by atoms with van der Waals surface area (Å²) in [5.41, 5.74) is 1.21. The van der Waals surface area contributed by atoms with Gasteiger partial charge < -0.3 is 14.9 Å². The van der Waals surface area contributed by atoms with Gasteiger partial charge in [-0.2, -0.15) is 4.89 Å². The summed E-state index contributed by atoms with van der Waals surface area (Å²) in [6.07, 6.45) is -1.24. The molecule has 0 radical (unpaired) electrons. The van der Waals surface area contributed by atoms with Crippen LogP contribution in [0.5, 0.6) is 5.75 Å². The van der Waals surface area contributed by atoms with Crippen molar-refractivity contribution in [3.05, 3.63) is 65.1 Å². The number of alkyl halides is 2. The molecule has 2 aromatic carbocycles. The van der Waals surface area contributed by atoms with E-state index in [0.717, 1.165) is 17.0 Å². The van der Waals surface area contributed by atoms with Crippen LogP contribution in [0.1, 0.15) is 23.1 Å². The molecule has 1 saturated heterocycles. The summed E-state index contributed by atoms with van der Waals surface area (Å²) in [5, 5.41) is 3.93. The standard InChI is InChI=1S/C20H15F3N2O3/c21-18-11(2-1-3-12(18)19(22)23)8-25-15-4-5-24-16-7-17-14(6-13(15)16)20(28-27-17)9-26-10-20/h1-7,19H,8-10H2,(H,24,25). The maximum atomic E-state index is 14.3. The summed E-state index contributed by atoms with van der Waals surface area (Å²) in [7, 11) is 0. The van der Waals surface area contributed by atoms with E-state index in [4.69, 9.17) is 14.5 Å². The highest BCUT2D eigenvalue weighted by molar-refractivity contribution is 5.93. The Labute approximate surface area is 158 Å². The predicted molar refractivity (Wildman–Crippen MR) is 94.6 cm³/mol. The molecule has 8 heteroatoms. The lowest BCUT2D eigenvalue weighted by Crippen LogP contribution is -2.46. The van der Waals surface area contributed by atoms with Gasteiger partial charge in [0.1, 0.15) is 5.82 Å². The number of hydrogen-bond acceptors (Lipinski definition) is 5. The summed E-state index contributed by atoms with van der Waals surface area (Å²) in [6.45, 7) is 0.865. The number of hydrogen-bond donors (Lipinski definition) is 1. The molecule has 2 aliphatic rings. The van der Waals surface area contributed by atoms with Gasteiger partial charge >= 0.3 is 0 Å². The van der Waals surface area contributed by atoms with Crippen LogP contribution < -0.4 is 10.2 Å². The van der Waals surface area contributed by atoms with E-state index < -0.39 is 23.4 Å². The lowest BCUT2D eigenvalue weighted by molar-refractivity contribution is -0.339. The Morgan fingerprint density at radius 3 is 2.79 bits per heavy atom. The van der Waals surface area contributed by atoms with Crippen LogP contribution in [0.2, 0.25) is 0 Å². The molecular weight excluding hydrogens is 373 g/mol. The van der Waals surface area contributed by atoms with E-state index in [9.17, 15) is 13.2 Å². The van der Waals surface area contributed by atoms with Gasteiger partial charge in [0, 0.05) is 41.0 Å². The number of rotatable bonds is 4. The fourth-order valence-electron chi connectivity index (χ4n) is 3.51. The van der Waals surface area contributed by atoms with E-state index >= 15 is 0 Å². The minimum Gasteiger partial charge on any atom is -0.380 e. The molecule has 1 aromatic heterocycles. The SMILES string of the molecule is Fc1c(CNc2ccnc3cc4c(cc23)C2(COC2)OO4)cccc1C(F)F. The molecule has 1 N–H and O–H groups in total. The molecule has 3 aromatic rings. The lowest BCUT2D eigenvalue weighted by atomic mass is 9.90. The van der Waals surface area contributed by atoms with Crippen LogP contribution in [0.4, 0.5) is 18.9 Å². The van der Waals surface area contributed by atoms with Crippen molar-refractivity contribution in [3.8, 4) is 5.75 Å². The molecule has 3 heterocycles. The highest BCUT2D eigenvalue weighted by Gasteiger charge is 2.50. The van der Waals surface area contributed by atoms with Gasteiger partial charge in [-0.05, 0) is 12.1 Å². The van der Waals surface area contributed by atoms with Crippen LogP contribution >= 0.6 is 0 Å². The lowest BCUT2D eigenvalue weighted by Gasteiger charge is -2.34. The van der Waals surface area contributed by atoms with Gasteiger partial charge in [-0.15, -0.1) is 0 Å². The first-order valence-electron chi connectivity index (χ1n) is 8.73. The number of fused-ring (bicyclic) bond motifs is 3. The third kappa shape index (κ3) is 2.60. The zero-order chi connectivity index (χ0) is 19.3. The van der Waals surface area contributed by atoms with Gasteiger partial charge in [0.2, 0.25) is 0 Å². The van der Waals surface area contributed by atoms with E-state index in [0.29, 0.717) is 30.2 Å². The van der Waals surface area contributed by atoms with Crippen molar-refractivity contribution < 1.29 is 27.7 Å². The zero-order valence-electron chi connectivity index (χ0n) is 14.5. The van der Waals surface area contributed by atoms with Crippen LogP contribution in [-0.2, 0) is 21.8 Å². The van der Waals surface area contributed by atoms with Gasteiger partial charge in [0.15, 0.2) is 11.4 Å². The van der Waals surface area contributed by atoms with Crippen LogP contribution in [-0.4, -0.2) is 18.2 Å². The molecule has 0 bridgehead atoms. The van der Waals surface area contributed by atoms with E-state index in [1.165, 1.54) is 12.1 Å². The van der Waals surface area contributed by atoms with Crippen LogP contribution in [0.25, 0.3) is 10.9 Å². The fraction of sp³-hybridized carbons (Fsp3) is 0.250. The van der Waals surface area contributed by atoms with Crippen LogP contribution in [0.3, 0.4) is 0 Å². The zero-order valence-corrected chi connectivity index (χ0v) is 14.5. The molecule has 0 aliphatic carbocycles. The monoisotopic (exact) mass is 388 g/mol. The van der Waals surface area contributed by atoms with Gasteiger partial charge in [-0.1, -0.05) is 18.2 Å². The number of halogens is 3. The molecule has 144 valence electrons. The van der Waals surface area contributed by atoms with Crippen molar-refractivity contribution in [2.75, 3.05) is 18.5 Å². The summed E-state index contributed by atoms with van der Waals surface area (Å²) in [4.78, 5) is 15.1. The first kappa shape index (κ1) is 17.3. The van der Waals surface area contributed by atoms with Crippen molar-refractivity contribution in [3.63, 3.8) is 0 Å². The Morgan fingerprint density at radius 1 is 1.18 bits per heavy atom. The first-order chi connectivity index (χ1) is 13.6. The average molecular weight is 388 g/mol. The summed E-state index contributed by atoms with van der Waals surface area (Å²) in [5.74, 6) is -0.298. The van der Waals surface area contributed by atoms with Crippen molar-refractivity contribution in [1.29, 1.82) is 0 Å². The second-order valence-electron chi connectivity index (χ2n) is 6.85. The highest BCUT2D eigenvalue weighted by atomic mass is 19.3. The smallest absolute Gasteiger partial charge is 0.266 e. The minimum atomic E-state index is -2.86. The van der Waals surface area contributed by atoms with Crippen molar-refractivity contribution in [2.45, 2.75) is 18.6 Å². The largest absolute Gasteiger partial charge is 0.380 e. The van der Waals surface area contributed by atoms with Crippen LogP contribution in [0, 0.1) is 5.82 Å². The Kier molecular flexibility index (Phi) is 3.92. The Balaban J connectivity index is 1.49. The Bertz CT molecular complexity index is 1070. The van der Waals surface area contributed by atoms with Crippen molar-refractivity contribution in [1.82, 2.24) is 4.98 Å². The quantitative estimate of drug-likeness (QED) is 0.669. The molecule has 1 spiro atoms. The molecule has 0 unspecified atom stereocenters. The maximum Gasteiger partial charge on any atom is 0.266 e. The average Bonchev–Trinajstić information content (AvgIpc) is 3.04. The number of anilines is 1. The van der Waals surface area contributed by atoms with Crippen molar-refractivity contribution in [2.24, 2.45) is 0 Å². The van der Waals surface area contributed by atoms with Gasteiger partial charge in [-0.3, -0.25) is 4.98 Å². The molecule has 0 saturated carbocycles. The summed E-state index contributed by atoms with van der Waals surface area (Å²) >= 11 is 0. The summed E-state index contributed by atoms with van der Waals surface area (Å²) in [6, 6.07) is 9.45. The van der Waals surface area contributed by atoms with Crippen molar-refractivity contribution >= 4 is 16.6 Å². The molecule has 0 amide bonds. The van der Waals surface area contributed by atoms with Gasteiger partial charge in [0.05, 0.1) is 24.3 Å². The second-order valence-corrected chi connectivity index (χ2v) is 6.85. The molecule has 0 atom stereocenters. The second kappa shape index (κ2) is 6.35. The first-order valence-corrected chi connectivity index (χ1v) is 8.73. The van der Waals surface area contributed by atoms with Gasteiger partial charge in [0.25, 0.3) is 6.43 Å². The third-order valence-electron chi connectivity index (χ3n) is 5.11. The topological polar surface area (TPSA) is 52.6 Å².